The van der Waals surface area contributed by atoms with Gasteiger partial charge in [-0.3, -0.25) is 9.36 Å². The number of aromatic nitrogens is 5. The molecule has 0 saturated heterocycles. The number of nitrogens with zero attached hydrogens (tertiary/aromatic N) is 5. The van der Waals surface area contributed by atoms with Crippen molar-refractivity contribution in [2.45, 2.75) is 32.9 Å². The van der Waals surface area contributed by atoms with E-state index in [-0.39, 0.29) is 0 Å². The Morgan fingerprint density at radius 3 is 2.89 bits per heavy atom. The van der Waals surface area contributed by atoms with Gasteiger partial charge in [-0.1, -0.05) is 19.1 Å². The van der Waals surface area contributed by atoms with Gasteiger partial charge in [0.15, 0.2) is 0 Å². The van der Waals surface area contributed by atoms with E-state index in [9.17, 15) is 0 Å². The standard InChI is InChI=1S/C12H20N6/c1-10(2)12-11(9-17(3)15-12)8-13-4-6-18-7-5-14-16-18/h5,7,9-10,13H,4,6,8H2,1-3H3. The predicted octanol–water partition coefficient (Wildman–Crippen LogP) is 0.925. The zero-order valence-corrected chi connectivity index (χ0v) is 11.2. The van der Waals surface area contributed by atoms with Gasteiger partial charge in [-0.05, 0) is 5.92 Å². The summed E-state index contributed by atoms with van der Waals surface area (Å²) < 4.78 is 3.70. The molecule has 0 bridgehead atoms. The molecule has 2 heterocycles. The van der Waals surface area contributed by atoms with Crippen molar-refractivity contribution in [1.82, 2.24) is 30.1 Å². The van der Waals surface area contributed by atoms with E-state index in [0.717, 1.165) is 19.6 Å². The Balaban J connectivity index is 1.83. The first kappa shape index (κ1) is 12.8. The summed E-state index contributed by atoms with van der Waals surface area (Å²) in [5.74, 6) is 0.457. The molecule has 0 unspecified atom stereocenters. The van der Waals surface area contributed by atoms with Crippen molar-refractivity contribution < 1.29 is 0 Å². The van der Waals surface area contributed by atoms with Crippen molar-refractivity contribution in [1.29, 1.82) is 0 Å². The summed E-state index contributed by atoms with van der Waals surface area (Å²) >= 11 is 0. The second kappa shape index (κ2) is 5.77. The molecule has 0 amide bonds. The van der Waals surface area contributed by atoms with Gasteiger partial charge in [0.1, 0.15) is 0 Å². The largest absolute Gasteiger partial charge is 0.311 e. The van der Waals surface area contributed by atoms with Crippen LogP contribution in [0.5, 0.6) is 0 Å². The molecule has 98 valence electrons. The van der Waals surface area contributed by atoms with E-state index in [0.29, 0.717) is 5.92 Å². The van der Waals surface area contributed by atoms with E-state index in [2.05, 4.69) is 40.8 Å². The maximum atomic E-state index is 4.49. The molecular weight excluding hydrogens is 228 g/mol. The molecule has 0 aliphatic rings. The summed E-state index contributed by atoms with van der Waals surface area (Å²) in [5, 5.41) is 15.6. The second-order valence-corrected chi connectivity index (χ2v) is 4.71. The molecule has 1 N–H and O–H groups in total. The first-order valence-corrected chi connectivity index (χ1v) is 6.24. The lowest BCUT2D eigenvalue weighted by molar-refractivity contribution is 0.539. The lowest BCUT2D eigenvalue weighted by atomic mass is 10.1. The van der Waals surface area contributed by atoms with Gasteiger partial charge >= 0.3 is 0 Å². The van der Waals surface area contributed by atoms with E-state index in [1.54, 1.807) is 6.20 Å². The second-order valence-electron chi connectivity index (χ2n) is 4.71. The molecule has 2 aromatic rings. The van der Waals surface area contributed by atoms with Crippen molar-refractivity contribution >= 4 is 0 Å². The number of nitrogens with one attached hydrogen (secondary N) is 1. The van der Waals surface area contributed by atoms with Gasteiger partial charge < -0.3 is 5.32 Å². The maximum absolute atomic E-state index is 4.49. The van der Waals surface area contributed by atoms with Crippen LogP contribution in [0, 0.1) is 0 Å². The quantitative estimate of drug-likeness (QED) is 0.772. The molecule has 0 atom stereocenters. The molecule has 2 aromatic heterocycles. The molecule has 0 radical (unpaired) electrons. The Morgan fingerprint density at radius 2 is 2.22 bits per heavy atom. The van der Waals surface area contributed by atoms with Gasteiger partial charge in [0, 0.05) is 38.1 Å². The molecule has 0 aliphatic heterocycles. The third kappa shape index (κ3) is 3.16. The highest BCUT2D eigenvalue weighted by Crippen LogP contribution is 2.16. The zero-order chi connectivity index (χ0) is 13.0. The van der Waals surface area contributed by atoms with Crippen LogP contribution < -0.4 is 5.32 Å². The van der Waals surface area contributed by atoms with Crippen molar-refractivity contribution in [3.8, 4) is 0 Å². The molecule has 0 aromatic carbocycles. The van der Waals surface area contributed by atoms with Crippen molar-refractivity contribution in [2.24, 2.45) is 7.05 Å². The monoisotopic (exact) mass is 248 g/mol. The van der Waals surface area contributed by atoms with E-state index < -0.39 is 0 Å². The van der Waals surface area contributed by atoms with E-state index in [1.807, 2.05) is 22.6 Å². The van der Waals surface area contributed by atoms with E-state index >= 15 is 0 Å². The molecule has 0 spiro atoms. The number of aryl methyl sites for hydroxylation is 1. The Morgan fingerprint density at radius 1 is 1.39 bits per heavy atom. The fourth-order valence-electron chi connectivity index (χ4n) is 1.95. The van der Waals surface area contributed by atoms with Crippen LogP contribution in [0.2, 0.25) is 0 Å². The van der Waals surface area contributed by atoms with Crippen LogP contribution in [0.15, 0.2) is 18.6 Å². The van der Waals surface area contributed by atoms with Crippen LogP contribution >= 0.6 is 0 Å². The highest BCUT2D eigenvalue weighted by molar-refractivity contribution is 5.19. The summed E-state index contributed by atoms with van der Waals surface area (Å²) in [6.45, 7) is 6.88. The average Bonchev–Trinajstić information content (AvgIpc) is 2.93. The maximum Gasteiger partial charge on any atom is 0.0694 e. The normalized spacial score (nSPS) is 11.3. The van der Waals surface area contributed by atoms with Crippen molar-refractivity contribution in [2.75, 3.05) is 6.54 Å². The fourth-order valence-corrected chi connectivity index (χ4v) is 1.95. The summed E-state index contributed by atoms with van der Waals surface area (Å²) in [5.41, 5.74) is 2.44. The molecule has 2 rings (SSSR count). The van der Waals surface area contributed by atoms with Gasteiger partial charge in [-0.15, -0.1) is 5.10 Å². The smallest absolute Gasteiger partial charge is 0.0694 e. The van der Waals surface area contributed by atoms with Gasteiger partial charge in [0.2, 0.25) is 0 Å². The highest BCUT2D eigenvalue weighted by Gasteiger charge is 2.10. The molecule has 0 fully saturated rings. The molecule has 6 nitrogen and oxygen atoms in total. The summed E-state index contributed by atoms with van der Waals surface area (Å²) in [6.07, 6.45) is 5.64. The Hall–Kier alpha value is -1.69. The molecule has 0 saturated carbocycles. The number of hydrogen-bond acceptors (Lipinski definition) is 4. The molecular formula is C12H20N6. The first-order chi connectivity index (χ1) is 8.66. The molecule has 6 heteroatoms. The lowest BCUT2D eigenvalue weighted by Crippen LogP contribution is -2.20. The van der Waals surface area contributed by atoms with Gasteiger partial charge in [0.05, 0.1) is 18.4 Å². The van der Waals surface area contributed by atoms with Gasteiger partial charge in [0.25, 0.3) is 0 Å². The topological polar surface area (TPSA) is 60.6 Å². The summed E-state index contributed by atoms with van der Waals surface area (Å²) in [4.78, 5) is 0. The number of rotatable bonds is 6. The first-order valence-electron chi connectivity index (χ1n) is 6.24. The lowest BCUT2D eigenvalue weighted by Gasteiger charge is -2.06. The van der Waals surface area contributed by atoms with E-state index in [4.69, 9.17) is 0 Å². The van der Waals surface area contributed by atoms with Crippen molar-refractivity contribution in [3.63, 3.8) is 0 Å². The van der Waals surface area contributed by atoms with E-state index in [1.165, 1.54) is 11.3 Å². The van der Waals surface area contributed by atoms with Crippen LogP contribution in [0.3, 0.4) is 0 Å². The van der Waals surface area contributed by atoms with Crippen LogP contribution in [-0.2, 0) is 20.1 Å². The minimum absolute atomic E-state index is 0.457. The fraction of sp³-hybridized carbons (Fsp3) is 0.583. The zero-order valence-electron chi connectivity index (χ0n) is 11.2. The van der Waals surface area contributed by atoms with Crippen LogP contribution in [-0.4, -0.2) is 31.3 Å². The SMILES string of the molecule is CC(C)c1nn(C)cc1CNCCn1ccnn1. The Kier molecular flexibility index (Phi) is 4.09. The van der Waals surface area contributed by atoms with Gasteiger partial charge in [-0.2, -0.15) is 5.10 Å². The van der Waals surface area contributed by atoms with Crippen molar-refractivity contribution in [3.05, 3.63) is 29.8 Å². The summed E-state index contributed by atoms with van der Waals surface area (Å²) in [6, 6.07) is 0. The highest BCUT2D eigenvalue weighted by atomic mass is 15.4. The molecule has 18 heavy (non-hydrogen) atoms. The third-order valence-electron chi connectivity index (χ3n) is 2.79. The summed E-state index contributed by atoms with van der Waals surface area (Å²) in [7, 11) is 1.96. The van der Waals surface area contributed by atoms with Gasteiger partial charge in [-0.25, -0.2) is 0 Å². The van der Waals surface area contributed by atoms with Crippen LogP contribution in [0.4, 0.5) is 0 Å². The Labute approximate surface area is 107 Å². The molecule has 0 aliphatic carbocycles. The third-order valence-corrected chi connectivity index (χ3v) is 2.79. The minimum atomic E-state index is 0.457. The Bertz CT molecular complexity index is 471. The minimum Gasteiger partial charge on any atom is -0.311 e. The van der Waals surface area contributed by atoms with Crippen LogP contribution in [0.25, 0.3) is 0 Å². The number of hydrogen-bond donors (Lipinski definition) is 1. The van der Waals surface area contributed by atoms with Crippen LogP contribution in [0.1, 0.15) is 31.0 Å². The predicted molar refractivity (Wildman–Crippen MR) is 69.0 cm³/mol. The average molecular weight is 248 g/mol.